The van der Waals surface area contributed by atoms with Gasteiger partial charge in [0.2, 0.25) is 5.91 Å². The largest absolute Gasteiger partial charge is 0.486 e. The minimum absolute atomic E-state index is 0.116. The lowest BCUT2D eigenvalue weighted by molar-refractivity contribution is -0.133. The second-order valence-corrected chi connectivity index (χ2v) is 9.95. The maximum atomic E-state index is 13.6. The third kappa shape index (κ3) is 3.99. The van der Waals surface area contributed by atoms with Gasteiger partial charge in [0, 0.05) is 37.3 Å². The van der Waals surface area contributed by atoms with Gasteiger partial charge in [0.15, 0.2) is 11.5 Å². The SMILES string of the molecule is C=CCN1CN(c2ccccc2)C2(CCN(CC3COc4ccc5[nH]c(C(=O)O)cc5c4O3)CC2)C1=O. The van der Waals surface area contributed by atoms with E-state index >= 15 is 0 Å². The number of anilines is 1. The van der Waals surface area contributed by atoms with E-state index in [2.05, 4.69) is 33.5 Å². The Morgan fingerprint density at radius 3 is 2.70 bits per heavy atom. The Labute approximate surface area is 214 Å². The first-order chi connectivity index (χ1) is 18.0. The Morgan fingerprint density at radius 1 is 1.19 bits per heavy atom. The third-order valence-corrected chi connectivity index (χ3v) is 7.73. The highest BCUT2D eigenvalue weighted by Gasteiger charge is 2.53. The molecule has 1 amide bonds. The highest BCUT2D eigenvalue weighted by atomic mass is 16.6. The molecule has 192 valence electrons. The summed E-state index contributed by atoms with van der Waals surface area (Å²) in [6, 6.07) is 15.4. The summed E-state index contributed by atoms with van der Waals surface area (Å²) in [4.78, 5) is 34.4. The summed E-state index contributed by atoms with van der Waals surface area (Å²) in [6.07, 6.45) is 3.04. The number of piperidine rings is 1. The van der Waals surface area contributed by atoms with Crippen molar-refractivity contribution in [1.82, 2.24) is 14.8 Å². The lowest BCUT2D eigenvalue weighted by Gasteiger charge is -2.44. The van der Waals surface area contributed by atoms with Crippen molar-refractivity contribution < 1.29 is 24.2 Å². The number of rotatable bonds is 6. The predicted molar refractivity (Wildman–Crippen MR) is 139 cm³/mol. The van der Waals surface area contributed by atoms with Crippen LogP contribution in [-0.4, -0.2) is 82.9 Å². The molecule has 37 heavy (non-hydrogen) atoms. The van der Waals surface area contributed by atoms with E-state index in [9.17, 15) is 14.7 Å². The Kier molecular flexibility index (Phi) is 5.79. The van der Waals surface area contributed by atoms with Crippen LogP contribution in [0.4, 0.5) is 5.69 Å². The number of H-pyrrole nitrogens is 1. The number of ether oxygens (including phenoxy) is 2. The number of likely N-dealkylation sites (tertiary alicyclic amines) is 1. The summed E-state index contributed by atoms with van der Waals surface area (Å²) in [5.41, 5.74) is 1.32. The fourth-order valence-corrected chi connectivity index (χ4v) is 5.87. The van der Waals surface area contributed by atoms with Crippen molar-refractivity contribution in [2.45, 2.75) is 24.5 Å². The van der Waals surface area contributed by atoms with Crippen molar-refractivity contribution in [3.05, 3.63) is 66.9 Å². The summed E-state index contributed by atoms with van der Waals surface area (Å²) in [5.74, 6) is 0.353. The normalized spacial score (nSPS) is 21.1. The number of carboxylic acids is 1. The molecule has 3 aliphatic heterocycles. The van der Waals surface area contributed by atoms with Crippen LogP contribution in [0.5, 0.6) is 11.5 Å². The van der Waals surface area contributed by atoms with Crippen LogP contribution >= 0.6 is 0 Å². The first-order valence-corrected chi connectivity index (χ1v) is 12.6. The molecule has 0 saturated carbocycles. The number of aromatic amines is 1. The molecule has 9 nitrogen and oxygen atoms in total. The molecular formula is C28H30N4O5. The maximum absolute atomic E-state index is 13.6. The second kappa shape index (κ2) is 9.15. The number of aromatic carboxylic acids is 1. The van der Waals surface area contributed by atoms with Crippen molar-refractivity contribution in [3.63, 3.8) is 0 Å². The number of carbonyl (C=O) groups is 2. The van der Waals surface area contributed by atoms with Gasteiger partial charge < -0.3 is 29.4 Å². The highest BCUT2D eigenvalue weighted by molar-refractivity contribution is 5.97. The van der Waals surface area contributed by atoms with Gasteiger partial charge in [-0.25, -0.2) is 4.79 Å². The molecule has 3 aliphatic rings. The second-order valence-electron chi connectivity index (χ2n) is 9.95. The van der Waals surface area contributed by atoms with E-state index in [1.54, 1.807) is 24.3 Å². The number of nitrogens with zero attached hydrogens (tertiary/aromatic N) is 3. The lowest BCUT2D eigenvalue weighted by atomic mass is 9.85. The molecule has 1 unspecified atom stereocenters. The molecule has 1 spiro atoms. The van der Waals surface area contributed by atoms with E-state index in [0.29, 0.717) is 48.8 Å². The smallest absolute Gasteiger partial charge is 0.352 e. The minimum Gasteiger partial charge on any atom is -0.486 e. The van der Waals surface area contributed by atoms with Crippen molar-refractivity contribution in [2.75, 3.05) is 44.4 Å². The van der Waals surface area contributed by atoms with E-state index in [4.69, 9.17) is 9.47 Å². The van der Waals surface area contributed by atoms with Gasteiger partial charge in [-0.2, -0.15) is 0 Å². The number of hydrogen-bond donors (Lipinski definition) is 2. The van der Waals surface area contributed by atoms with Gasteiger partial charge in [0.05, 0.1) is 12.2 Å². The number of para-hydroxylation sites is 1. The molecule has 2 saturated heterocycles. The van der Waals surface area contributed by atoms with Crippen LogP contribution in [0.15, 0.2) is 61.2 Å². The molecule has 3 aromatic rings. The molecule has 1 aromatic heterocycles. The Hall–Kier alpha value is -3.98. The average Bonchev–Trinajstić information content (AvgIpc) is 3.47. The Bertz CT molecular complexity index is 1350. The Morgan fingerprint density at radius 2 is 1.97 bits per heavy atom. The topological polar surface area (TPSA) is 98.3 Å². The number of nitrogens with one attached hydrogen (secondary N) is 1. The van der Waals surface area contributed by atoms with E-state index in [0.717, 1.165) is 31.6 Å². The van der Waals surface area contributed by atoms with Gasteiger partial charge in [-0.05, 0) is 43.2 Å². The molecule has 2 fully saturated rings. The predicted octanol–water partition coefficient (Wildman–Crippen LogP) is 3.33. The van der Waals surface area contributed by atoms with Gasteiger partial charge in [0.25, 0.3) is 0 Å². The van der Waals surface area contributed by atoms with Crippen LogP contribution in [-0.2, 0) is 4.79 Å². The number of benzene rings is 2. The highest BCUT2D eigenvalue weighted by Crippen LogP contribution is 2.41. The zero-order valence-electron chi connectivity index (χ0n) is 20.6. The Balaban J connectivity index is 1.17. The monoisotopic (exact) mass is 502 g/mol. The van der Waals surface area contributed by atoms with Crippen molar-refractivity contribution in [2.24, 2.45) is 0 Å². The number of amides is 1. The number of aromatic nitrogens is 1. The van der Waals surface area contributed by atoms with Crippen molar-refractivity contribution in [3.8, 4) is 11.5 Å². The summed E-state index contributed by atoms with van der Waals surface area (Å²) in [7, 11) is 0. The van der Waals surface area contributed by atoms with Crippen LogP contribution in [0.25, 0.3) is 10.9 Å². The van der Waals surface area contributed by atoms with Gasteiger partial charge in [-0.1, -0.05) is 24.3 Å². The van der Waals surface area contributed by atoms with E-state index < -0.39 is 11.5 Å². The molecule has 9 heteroatoms. The molecule has 0 bridgehead atoms. The van der Waals surface area contributed by atoms with E-state index in [1.807, 2.05) is 23.1 Å². The molecule has 2 N–H and O–H groups in total. The summed E-state index contributed by atoms with van der Waals surface area (Å²) in [6.45, 7) is 7.55. The maximum Gasteiger partial charge on any atom is 0.352 e. The van der Waals surface area contributed by atoms with Crippen LogP contribution < -0.4 is 14.4 Å². The first-order valence-electron chi connectivity index (χ1n) is 12.6. The molecule has 6 rings (SSSR count). The van der Waals surface area contributed by atoms with Gasteiger partial charge in [-0.3, -0.25) is 9.69 Å². The van der Waals surface area contributed by atoms with Crippen molar-refractivity contribution in [1.29, 1.82) is 0 Å². The van der Waals surface area contributed by atoms with Gasteiger partial charge in [0.1, 0.15) is 23.9 Å². The van der Waals surface area contributed by atoms with Gasteiger partial charge in [-0.15, -0.1) is 6.58 Å². The fourth-order valence-electron chi connectivity index (χ4n) is 5.87. The number of carbonyl (C=O) groups excluding carboxylic acids is 1. The molecule has 0 radical (unpaired) electrons. The number of carboxylic acid groups (broad SMARTS) is 1. The molecular weight excluding hydrogens is 472 g/mol. The lowest BCUT2D eigenvalue weighted by Crippen LogP contribution is -2.57. The average molecular weight is 503 g/mol. The first kappa shape index (κ1) is 23.4. The standard InChI is InChI=1S/C28H30N4O5/c1-2-12-31-18-32(19-6-4-3-5-7-19)28(27(31)35)10-13-30(14-11-28)16-20-17-36-24-9-8-22-21(25(24)37-20)15-23(29-22)26(33)34/h2-9,15,20,29H,1,10-14,16-18H2,(H,33,34). The number of hydrogen-bond acceptors (Lipinski definition) is 6. The molecule has 4 heterocycles. The van der Waals surface area contributed by atoms with Crippen LogP contribution in [0, 0.1) is 0 Å². The zero-order valence-corrected chi connectivity index (χ0v) is 20.6. The molecule has 2 aromatic carbocycles. The van der Waals surface area contributed by atoms with Gasteiger partial charge >= 0.3 is 5.97 Å². The van der Waals surface area contributed by atoms with Crippen LogP contribution in [0.2, 0.25) is 0 Å². The van der Waals surface area contributed by atoms with Crippen molar-refractivity contribution >= 4 is 28.5 Å². The summed E-state index contributed by atoms with van der Waals surface area (Å²) >= 11 is 0. The zero-order chi connectivity index (χ0) is 25.6. The minimum atomic E-state index is -1.02. The fraction of sp³-hybridized carbons (Fsp3) is 0.357. The van der Waals surface area contributed by atoms with Crippen LogP contribution in [0.1, 0.15) is 23.3 Å². The molecule has 1 atom stereocenters. The van der Waals surface area contributed by atoms with E-state index in [1.165, 1.54) is 0 Å². The number of fused-ring (bicyclic) bond motifs is 3. The summed E-state index contributed by atoms with van der Waals surface area (Å²) < 4.78 is 12.3. The quantitative estimate of drug-likeness (QED) is 0.499. The third-order valence-electron chi connectivity index (χ3n) is 7.73. The summed E-state index contributed by atoms with van der Waals surface area (Å²) in [5, 5.41) is 10.1. The molecule has 0 aliphatic carbocycles. The van der Waals surface area contributed by atoms with Crippen LogP contribution in [0.3, 0.4) is 0 Å². The van der Waals surface area contributed by atoms with E-state index in [-0.39, 0.29) is 17.7 Å².